The first-order chi connectivity index (χ1) is 13.7. The fourth-order valence-electron chi connectivity index (χ4n) is 3.43. The van der Waals surface area contributed by atoms with Crippen molar-refractivity contribution in [2.45, 2.75) is 25.7 Å². The van der Waals surface area contributed by atoms with E-state index in [1.165, 1.54) is 11.3 Å². The first-order valence-corrected chi connectivity index (χ1v) is 9.87. The minimum absolute atomic E-state index is 0.0188. The molecular weight excluding hydrogens is 380 g/mol. The molecule has 2 aromatic heterocycles. The summed E-state index contributed by atoms with van der Waals surface area (Å²) in [4.78, 5) is 28.6. The third-order valence-corrected chi connectivity index (χ3v) is 5.56. The number of aryl methyl sites for hydroxylation is 1. The third-order valence-electron chi connectivity index (χ3n) is 4.80. The second-order valence-corrected chi connectivity index (χ2v) is 7.54. The maximum Gasteiger partial charge on any atom is 0.279 e. The molecule has 3 heterocycles. The Labute approximate surface area is 163 Å². The number of aromatic nitrogens is 2. The van der Waals surface area contributed by atoms with Crippen molar-refractivity contribution < 1.29 is 18.8 Å². The molecule has 1 aliphatic heterocycles. The molecule has 0 atom stereocenters. The summed E-state index contributed by atoms with van der Waals surface area (Å²) in [5, 5.41) is 11.9. The molecule has 0 spiro atoms. The molecule has 2 amide bonds. The highest BCUT2D eigenvalue weighted by molar-refractivity contribution is 7.14. The van der Waals surface area contributed by atoms with Crippen LogP contribution in [0.15, 0.2) is 28.1 Å². The van der Waals surface area contributed by atoms with Gasteiger partial charge in [0.25, 0.3) is 11.8 Å². The Morgan fingerprint density at radius 2 is 2.14 bits per heavy atom. The number of rotatable bonds is 3. The van der Waals surface area contributed by atoms with Gasteiger partial charge < -0.3 is 14.6 Å². The Morgan fingerprint density at radius 3 is 3.07 bits per heavy atom. The van der Waals surface area contributed by atoms with Crippen molar-refractivity contribution in [3.63, 3.8) is 0 Å². The Bertz CT molecular complexity index is 1090. The molecule has 1 aromatic carbocycles. The Balaban J connectivity index is 1.35. The van der Waals surface area contributed by atoms with Gasteiger partial charge in [0.15, 0.2) is 17.4 Å². The molecule has 9 heteroatoms. The van der Waals surface area contributed by atoms with Gasteiger partial charge in [0, 0.05) is 22.9 Å². The molecule has 0 fully saturated rings. The topological polar surface area (TPSA) is 106 Å². The monoisotopic (exact) mass is 396 g/mol. The summed E-state index contributed by atoms with van der Waals surface area (Å²) < 4.78 is 10.7. The lowest BCUT2D eigenvalue weighted by Gasteiger charge is -2.18. The zero-order valence-electron chi connectivity index (χ0n) is 14.8. The zero-order chi connectivity index (χ0) is 19.1. The molecule has 8 nitrogen and oxygen atoms in total. The van der Waals surface area contributed by atoms with E-state index >= 15 is 0 Å². The highest BCUT2D eigenvalue weighted by Gasteiger charge is 2.24. The molecule has 5 rings (SSSR count). The van der Waals surface area contributed by atoms with Gasteiger partial charge in [0.2, 0.25) is 0 Å². The Kier molecular flexibility index (Phi) is 4.09. The molecule has 28 heavy (non-hydrogen) atoms. The fourth-order valence-corrected chi connectivity index (χ4v) is 4.14. The van der Waals surface area contributed by atoms with Gasteiger partial charge >= 0.3 is 0 Å². The lowest BCUT2D eigenvalue weighted by atomic mass is 9.96. The van der Waals surface area contributed by atoms with Crippen LogP contribution in [0.5, 0.6) is 5.75 Å². The highest BCUT2D eigenvalue weighted by Crippen LogP contribution is 2.34. The van der Waals surface area contributed by atoms with E-state index in [1.807, 2.05) is 11.4 Å². The van der Waals surface area contributed by atoms with E-state index in [0.29, 0.717) is 28.0 Å². The summed E-state index contributed by atoms with van der Waals surface area (Å²) >= 11 is 1.33. The average molecular weight is 396 g/mol. The summed E-state index contributed by atoms with van der Waals surface area (Å²) in [6.45, 7) is 0.0188. The number of ether oxygens (including phenoxy) is 1. The summed E-state index contributed by atoms with van der Waals surface area (Å²) in [5.74, 6) is 0.947. The second-order valence-electron chi connectivity index (χ2n) is 6.68. The highest BCUT2D eigenvalue weighted by atomic mass is 32.1. The zero-order valence-corrected chi connectivity index (χ0v) is 15.6. The number of fused-ring (bicyclic) bond motifs is 2. The molecule has 142 valence electrons. The van der Waals surface area contributed by atoms with Crippen LogP contribution in [0.4, 0.5) is 10.8 Å². The summed E-state index contributed by atoms with van der Waals surface area (Å²) in [6.07, 6.45) is 3.74. The minimum atomic E-state index is -0.307. The van der Waals surface area contributed by atoms with Gasteiger partial charge in [-0.1, -0.05) is 5.16 Å². The van der Waals surface area contributed by atoms with Gasteiger partial charge in [-0.15, -0.1) is 11.3 Å². The molecule has 2 N–H and O–H groups in total. The van der Waals surface area contributed by atoms with Gasteiger partial charge in [0.1, 0.15) is 11.5 Å². The van der Waals surface area contributed by atoms with E-state index < -0.39 is 0 Å². The summed E-state index contributed by atoms with van der Waals surface area (Å²) in [5.41, 5.74) is 3.39. The van der Waals surface area contributed by atoms with Crippen LogP contribution in [0.2, 0.25) is 0 Å². The number of amides is 2. The van der Waals surface area contributed by atoms with Gasteiger partial charge in [-0.2, -0.15) is 0 Å². The van der Waals surface area contributed by atoms with E-state index in [-0.39, 0.29) is 18.4 Å². The van der Waals surface area contributed by atoms with Crippen LogP contribution in [-0.4, -0.2) is 28.6 Å². The van der Waals surface area contributed by atoms with Crippen molar-refractivity contribution in [1.82, 2.24) is 10.1 Å². The number of carbonyl (C=O) groups excluding carboxylic acids is 2. The van der Waals surface area contributed by atoms with Gasteiger partial charge in [-0.25, -0.2) is 4.98 Å². The normalized spacial score (nSPS) is 15.2. The van der Waals surface area contributed by atoms with Gasteiger partial charge in [-0.3, -0.25) is 14.9 Å². The number of anilines is 2. The van der Waals surface area contributed by atoms with Crippen LogP contribution in [0.3, 0.4) is 0 Å². The average Bonchev–Trinajstić information content (AvgIpc) is 3.34. The molecule has 3 aromatic rings. The summed E-state index contributed by atoms with van der Waals surface area (Å²) in [7, 11) is 0. The van der Waals surface area contributed by atoms with Gasteiger partial charge in [0.05, 0.1) is 11.4 Å². The SMILES string of the molecule is O=C1COc2ccc(-c3csc(NC(=O)c4noc5c4CCCC5)n3)cc2N1. The first kappa shape index (κ1) is 16.9. The van der Waals surface area contributed by atoms with Crippen molar-refractivity contribution in [1.29, 1.82) is 0 Å². The number of hydrogen-bond acceptors (Lipinski definition) is 7. The molecule has 1 aliphatic carbocycles. The predicted molar refractivity (Wildman–Crippen MR) is 103 cm³/mol. The quantitative estimate of drug-likeness (QED) is 0.704. The van der Waals surface area contributed by atoms with Crippen LogP contribution in [0, 0.1) is 0 Å². The molecular formula is C19H16N4O4S. The molecule has 0 radical (unpaired) electrons. The second kappa shape index (κ2) is 6.75. The smallest absolute Gasteiger partial charge is 0.279 e. The minimum Gasteiger partial charge on any atom is -0.482 e. The molecule has 0 saturated carbocycles. The van der Waals surface area contributed by atoms with Crippen molar-refractivity contribution in [2.24, 2.45) is 0 Å². The number of hydrogen-bond donors (Lipinski definition) is 2. The maximum absolute atomic E-state index is 12.6. The van der Waals surface area contributed by atoms with Crippen LogP contribution >= 0.6 is 11.3 Å². The first-order valence-electron chi connectivity index (χ1n) is 8.99. The van der Waals surface area contributed by atoms with Crippen LogP contribution in [-0.2, 0) is 17.6 Å². The van der Waals surface area contributed by atoms with E-state index in [1.54, 1.807) is 12.1 Å². The number of nitrogens with one attached hydrogen (secondary N) is 2. The molecule has 2 aliphatic rings. The lowest BCUT2D eigenvalue weighted by molar-refractivity contribution is -0.118. The number of carbonyl (C=O) groups is 2. The van der Waals surface area contributed by atoms with Crippen molar-refractivity contribution in [3.8, 4) is 17.0 Å². The largest absolute Gasteiger partial charge is 0.482 e. The van der Waals surface area contributed by atoms with E-state index in [9.17, 15) is 9.59 Å². The Morgan fingerprint density at radius 1 is 1.25 bits per heavy atom. The predicted octanol–water partition coefficient (Wildman–Crippen LogP) is 3.26. The molecule has 0 saturated heterocycles. The van der Waals surface area contributed by atoms with Crippen LogP contribution in [0.25, 0.3) is 11.3 Å². The molecule has 0 bridgehead atoms. The number of benzene rings is 1. The lowest BCUT2D eigenvalue weighted by Crippen LogP contribution is -2.25. The van der Waals surface area contributed by atoms with Crippen molar-refractivity contribution in [2.75, 3.05) is 17.2 Å². The van der Waals surface area contributed by atoms with Crippen molar-refractivity contribution in [3.05, 3.63) is 40.6 Å². The number of nitrogens with zero attached hydrogens (tertiary/aromatic N) is 2. The Hall–Kier alpha value is -3.20. The fraction of sp³-hybridized carbons (Fsp3) is 0.263. The van der Waals surface area contributed by atoms with Crippen LogP contribution < -0.4 is 15.4 Å². The van der Waals surface area contributed by atoms with E-state index in [4.69, 9.17) is 9.26 Å². The number of thiazole rings is 1. The van der Waals surface area contributed by atoms with E-state index in [0.717, 1.165) is 42.6 Å². The van der Waals surface area contributed by atoms with Crippen LogP contribution in [0.1, 0.15) is 34.7 Å². The summed E-state index contributed by atoms with van der Waals surface area (Å²) in [6, 6.07) is 5.47. The van der Waals surface area contributed by atoms with Gasteiger partial charge in [-0.05, 0) is 37.5 Å². The standard InChI is InChI=1S/C19H16N4O4S/c24-16-8-26-15-6-5-10(7-12(15)20-16)13-9-28-19(21-13)22-18(25)17-11-3-1-2-4-14(11)27-23-17/h5-7,9H,1-4,8H2,(H,20,24)(H,21,22,25). The third kappa shape index (κ3) is 3.03. The maximum atomic E-state index is 12.6. The van der Waals surface area contributed by atoms with E-state index in [2.05, 4.69) is 20.8 Å². The molecule has 0 unspecified atom stereocenters. The van der Waals surface area contributed by atoms with Crippen molar-refractivity contribution >= 4 is 34.0 Å².